The Hall–Kier alpha value is -1.84. The van der Waals surface area contributed by atoms with Crippen molar-refractivity contribution < 1.29 is 9.59 Å². The molecule has 1 saturated carbocycles. The topological polar surface area (TPSA) is 58.2 Å². The molecule has 1 aromatic rings. The molecule has 1 heterocycles. The molecule has 1 saturated heterocycles. The zero-order chi connectivity index (χ0) is 18.5. The molecule has 5 unspecified atom stereocenters. The second-order valence-electron chi connectivity index (χ2n) is 7.98. The van der Waals surface area contributed by atoms with E-state index < -0.39 is 0 Å². The molecule has 2 N–H and O–H groups in total. The van der Waals surface area contributed by atoms with Gasteiger partial charge in [-0.25, -0.2) is 0 Å². The van der Waals surface area contributed by atoms with Crippen LogP contribution >= 0.6 is 0 Å². The average molecular weight is 357 g/mol. The molecule has 0 bridgehead atoms. The molecule has 0 aromatic heterocycles. The molecule has 2 fully saturated rings. The predicted octanol–water partition coefficient (Wildman–Crippen LogP) is 3.77. The largest absolute Gasteiger partial charge is 0.353 e. The Bertz CT molecular complexity index is 616. The number of nitrogens with one attached hydrogen (secondary N) is 2. The van der Waals surface area contributed by atoms with Crippen LogP contribution in [0.2, 0.25) is 0 Å². The summed E-state index contributed by atoms with van der Waals surface area (Å²) in [6.07, 6.45) is 6.74. The summed E-state index contributed by atoms with van der Waals surface area (Å²) in [4.78, 5) is 24.9. The van der Waals surface area contributed by atoms with Crippen molar-refractivity contribution in [2.45, 2.75) is 76.8 Å². The molecule has 4 nitrogen and oxygen atoms in total. The van der Waals surface area contributed by atoms with Crippen LogP contribution in [-0.2, 0) is 9.59 Å². The summed E-state index contributed by atoms with van der Waals surface area (Å²) in [5.74, 6) is 1.31. The maximum Gasteiger partial charge on any atom is 0.227 e. The summed E-state index contributed by atoms with van der Waals surface area (Å²) in [6.45, 7) is 4.26. The first-order valence-corrected chi connectivity index (χ1v) is 10.3. The standard InChI is InChI=1S/C22H32N2O2/c1-3-8-16-13-21(25)24-20-14-17(11-12-19(16)20)23-22(26)18(4-2)15-9-6-5-7-10-15/h5-7,9-10,16-20H,3-4,8,11-14H2,1-2H3,(H,23,26)(H,24,25). The van der Waals surface area contributed by atoms with Crippen LogP contribution in [0.15, 0.2) is 30.3 Å². The van der Waals surface area contributed by atoms with Crippen molar-refractivity contribution in [1.29, 1.82) is 0 Å². The summed E-state index contributed by atoms with van der Waals surface area (Å²) >= 11 is 0. The molecule has 2 aliphatic rings. The Morgan fingerprint density at radius 1 is 1.23 bits per heavy atom. The van der Waals surface area contributed by atoms with Gasteiger partial charge in [-0.1, -0.05) is 50.6 Å². The van der Waals surface area contributed by atoms with Crippen LogP contribution in [0.4, 0.5) is 0 Å². The Balaban J connectivity index is 1.61. The highest BCUT2D eigenvalue weighted by Crippen LogP contribution is 2.37. The monoisotopic (exact) mass is 356 g/mol. The van der Waals surface area contributed by atoms with Crippen LogP contribution in [-0.4, -0.2) is 23.9 Å². The number of piperidine rings is 1. The van der Waals surface area contributed by atoms with Crippen LogP contribution in [0.5, 0.6) is 0 Å². The number of benzene rings is 1. The summed E-state index contributed by atoms with van der Waals surface area (Å²) in [5.41, 5.74) is 1.08. The fraction of sp³-hybridized carbons (Fsp3) is 0.636. The highest BCUT2D eigenvalue weighted by atomic mass is 16.2. The van der Waals surface area contributed by atoms with E-state index in [1.54, 1.807) is 0 Å². The van der Waals surface area contributed by atoms with E-state index >= 15 is 0 Å². The molecule has 5 atom stereocenters. The minimum Gasteiger partial charge on any atom is -0.353 e. The van der Waals surface area contributed by atoms with E-state index in [9.17, 15) is 9.59 Å². The van der Waals surface area contributed by atoms with Crippen LogP contribution in [0.3, 0.4) is 0 Å². The van der Waals surface area contributed by atoms with Gasteiger partial charge < -0.3 is 10.6 Å². The van der Waals surface area contributed by atoms with Gasteiger partial charge in [0, 0.05) is 18.5 Å². The van der Waals surface area contributed by atoms with Gasteiger partial charge in [-0.2, -0.15) is 0 Å². The molecule has 3 rings (SSSR count). The van der Waals surface area contributed by atoms with Gasteiger partial charge in [-0.3, -0.25) is 9.59 Å². The number of hydrogen-bond donors (Lipinski definition) is 2. The molecule has 0 radical (unpaired) electrons. The van der Waals surface area contributed by atoms with Gasteiger partial charge in [0.05, 0.1) is 5.92 Å². The first kappa shape index (κ1) is 18.9. The van der Waals surface area contributed by atoms with Crippen LogP contribution < -0.4 is 10.6 Å². The van der Waals surface area contributed by atoms with Crippen molar-refractivity contribution in [3.63, 3.8) is 0 Å². The summed E-state index contributed by atoms with van der Waals surface area (Å²) in [6, 6.07) is 10.4. The van der Waals surface area contributed by atoms with Crippen LogP contribution in [0.25, 0.3) is 0 Å². The van der Waals surface area contributed by atoms with Crippen molar-refractivity contribution in [2.75, 3.05) is 0 Å². The minimum absolute atomic E-state index is 0.0947. The summed E-state index contributed by atoms with van der Waals surface area (Å²) in [7, 11) is 0. The molecule has 26 heavy (non-hydrogen) atoms. The smallest absolute Gasteiger partial charge is 0.227 e. The summed E-state index contributed by atoms with van der Waals surface area (Å²) < 4.78 is 0. The van der Waals surface area contributed by atoms with Gasteiger partial charge in [0.15, 0.2) is 0 Å². The Labute approximate surface area is 157 Å². The Morgan fingerprint density at radius 2 is 2.00 bits per heavy atom. The zero-order valence-corrected chi connectivity index (χ0v) is 16.0. The van der Waals surface area contributed by atoms with E-state index in [1.807, 2.05) is 30.3 Å². The Morgan fingerprint density at radius 3 is 2.69 bits per heavy atom. The van der Waals surface area contributed by atoms with Crippen LogP contribution in [0.1, 0.15) is 70.3 Å². The van der Waals surface area contributed by atoms with Gasteiger partial charge >= 0.3 is 0 Å². The second kappa shape index (κ2) is 8.70. The molecule has 2 amide bonds. The lowest BCUT2D eigenvalue weighted by Crippen LogP contribution is -2.55. The number of rotatable bonds is 6. The third-order valence-electron chi connectivity index (χ3n) is 6.24. The highest BCUT2D eigenvalue weighted by molar-refractivity contribution is 5.84. The average Bonchev–Trinajstić information content (AvgIpc) is 2.63. The third-order valence-corrected chi connectivity index (χ3v) is 6.24. The molecular formula is C22H32N2O2. The normalized spacial score (nSPS) is 29.4. The van der Waals surface area contributed by atoms with E-state index in [-0.39, 0.29) is 29.8 Å². The molecule has 142 valence electrons. The number of carbonyl (C=O) groups is 2. The van der Waals surface area contributed by atoms with E-state index in [0.717, 1.165) is 44.1 Å². The fourth-order valence-corrected chi connectivity index (χ4v) is 4.96. The minimum atomic E-state index is -0.0947. The first-order valence-electron chi connectivity index (χ1n) is 10.3. The highest BCUT2D eigenvalue weighted by Gasteiger charge is 2.40. The van der Waals surface area contributed by atoms with E-state index in [0.29, 0.717) is 18.3 Å². The molecule has 1 aromatic carbocycles. The Kier molecular flexibility index (Phi) is 6.33. The van der Waals surface area contributed by atoms with Crippen molar-refractivity contribution in [3.05, 3.63) is 35.9 Å². The van der Waals surface area contributed by atoms with Crippen molar-refractivity contribution in [3.8, 4) is 0 Å². The van der Waals surface area contributed by atoms with Crippen molar-refractivity contribution in [1.82, 2.24) is 10.6 Å². The zero-order valence-electron chi connectivity index (χ0n) is 16.0. The van der Waals surface area contributed by atoms with Gasteiger partial charge in [-0.05, 0) is 49.5 Å². The second-order valence-corrected chi connectivity index (χ2v) is 7.98. The molecule has 1 aliphatic carbocycles. The number of amides is 2. The lowest BCUT2D eigenvalue weighted by molar-refractivity contribution is -0.127. The lowest BCUT2D eigenvalue weighted by atomic mass is 9.70. The summed E-state index contributed by atoms with van der Waals surface area (Å²) in [5, 5.41) is 6.47. The lowest BCUT2D eigenvalue weighted by Gasteiger charge is -2.44. The third kappa shape index (κ3) is 4.28. The van der Waals surface area contributed by atoms with Gasteiger partial charge in [0.25, 0.3) is 0 Å². The number of carbonyl (C=O) groups excluding carboxylic acids is 2. The van der Waals surface area contributed by atoms with Crippen molar-refractivity contribution >= 4 is 11.8 Å². The molecule has 0 spiro atoms. The van der Waals surface area contributed by atoms with E-state index in [2.05, 4.69) is 24.5 Å². The van der Waals surface area contributed by atoms with Gasteiger partial charge in [0.2, 0.25) is 11.8 Å². The number of fused-ring (bicyclic) bond motifs is 1. The molecule has 4 heteroatoms. The first-order chi connectivity index (χ1) is 12.6. The van der Waals surface area contributed by atoms with E-state index in [4.69, 9.17) is 0 Å². The maximum absolute atomic E-state index is 12.8. The van der Waals surface area contributed by atoms with Gasteiger partial charge in [-0.15, -0.1) is 0 Å². The molecule has 1 aliphatic heterocycles. The van der Waals surface area contributed by atoms with Gasteiger partial charge in [0.1, 0.15) is 0 Å². The quantitative estimate of drug-likeness (QED) is 0.815. The molecular weight excluding hydrogens is 324 g/mol. The van der Waals surface area contributed by atoms with E-state index in [1.165, 1.54) is 0 Å². The number of hydrogen-bond acceptors (Lipinski definition) is 2. The predicted molar refractivity (Wildman–Crippen MR) is 104 cm³/mol. The van der Waals surface area contributed by atoms with Crippen LogP contribution in [0, 0.1) is 11.8 Å². The SMILES string of the molecule is CCCC1CC(=O)NC2CC(NC(=O)C(CC)c3ccccc3)CCC12. The fourth-order valence-electron chi connectivity index (χ4n) is 4.96. The van der Waals surface area contributed by atoms with Crippen molar-refractivity contribution in [2.24, 2.45) is 11.8 Å². The maximum atomic E-state index is 12.8.